The third-order valence-electron chi connectivity index (χ3n) is 5.38. The molecule has 0 saturated heterocycles. The SMILES string of the molecule is CC1CCC(CCNC(=O)CC2CCC(N)CC2)CC1. The van der Waals surface area contributed by atoms with E-state index in [4.69, 9.17) is 5.73 Å². The molecular formula is C17H32N2O. The molecule has 0 aromatic heterocycles. The van der Waals surface area contributed by atoms with E-state index in [1.165, 1.54) is 32.1 Å². The molecule has 0 aliphatic heterocycles. The zero-order chi connectivity index (χ0) is 14.4. The molecule has 2 rings (SSSR count). The van der Waals surface area contributed by atoms with E-state index in [0.29, 0.717) is 18.4 Å². The average molecular weight is 280 g/mol. The van der Waals surface area contributed by atoms with Crippen molar-refractivity contribution in [1.29, 1.82) is 0 Å². The molecule has 116 valence electrons. The number of amides is 1. The number of carbonyl (C=O) groups is 1. The molecule has 2 aliphatic carbocycles. The largest absolute Gasteiger partial charge is 0.356 e. The van der Waals surface area contributed by atoms with Gasteiger partial charge in [0.15, 0.2) is 0 Å². The van der Waals surface area contributed by atoms with E-state index in [1.54, 1.807) is 0 Å². The summed E-state index contributed by atoms with van der Waals surface area (Å²) in [5.74, 6) is 2.60. The zero-order valence-electron chi connectivity index (χ0n) is 13.1. The maximum atomic E-state index is 11.9. The smallest absolute Gasteiger partial charge is 0.220 e. The Morgan fingerprint density at radius 3 is 2.25 bits per heavy atom. The van der Waals surface area contributed by atoms with Crippen molar-refractivity contribution in [1.82, 2.24) is 5.32 Å². The third kappa shape index (κ3) is 5.43. The fourth-order valence-electron chi connectivity index (χ4n) is 3.76. The van der Waals surface area contributed by atoms with E-state index in [9.17, 15) is 4.79 Å². The van der Waals surface area contributed by atoms with E-state index < -0.39 is 0 Å². The Kier molecular flexibility index (Phi) is 6.34. The van der Waals surface area contributed by atoms with Crippen LogP contribution in [0.15, 0.2) is 0 Å². The van der Waals surface area contributed by atoms with Crippen LogP contribution in [0, 0.1) is 17.8 Å². The normalized spacial score (nSPS) is 34.7. The molecule has 0 aromatic carbocycles. The van der Waals surface area contributed by atoms with E-state index in [1.807, 2.05) is 0 Å². The van der Waals surface area contributed by atoms with Gasteiger partial charge < -0.3 is 11.1 Å². The molecule has 0 radical (unpaired) electrons. The van der Waals surface area contributed by atoms with Gasteiger partial charge in [0.05, 0.1) is 0 Å². The van der Waals surface area contributed by atoms with Crippen molar-refractivity contribution >= 4 is 5.91 Å². The molecule has 0 spiro atoms. The number of nitrogens with one attached hydrogen (secondary N) is 1. The van der Waals surface area contributed by atoms with Gasteiger partial charge in [-0.3, -0.25) is 4.79 Å². The summed E-state index contributed by atoms with van der Waals surface area (Å²) in [6, 6.07) is 0.378. The molecule has 2 aliphatic rings. The monoisotopic (exact) mass is 280 g/mol. The molecule has 0 aromatic rings. The van der Waals surface area contributed by atoms with Gasteiger partial charge in [0.2, 0.25) is 5.91 Å². The van der Waals surface area contributed by atoms with E-state index in [2.05, 4.69) is 12.2 Å². The first-order valence-corrected chi connectivity index (χ1v) is 8.65. The Labute approximate surface area is 124 Å². The predicted molar refractivity (Wildman–Crippen MR) is 83.3 cm³/mol. The Morgan fingerprint density at radius 1 is 1.00 bits per heavy atom. The minimum absolute atomic E-state index is 0.259. The predicted octanol–water partition coefficient (Wildman–Crippen LogP) is 3.23. The number of hydrogen-bond donors (Lipinski definition) is 2. The van der Waals surface area contributed by atoms with Crippen molar-refractivity contribution in [2.75, 3.05) is 6.54 Å². The van der Waals surface area contributed by atoms with Crippen LogP contribution in [0.5, 0.6) is 0 Å². The Morgan fingerprint density at radius 2 is 1.60 bits per heavy atom. The van der Waals surface area contributed by atoms with Crippen LogP contribution in [0.4, 0.5) is 0 Å². The van der Waals surface area contributed by atoms with E-state index in [-0.39, 0.29) is 5.91 Å². The minimum Gasteiger partial charge on any atom is -0.356 e. The molecule has 2 saturated carbocycles. The van der Waals surface area contributed by atoms with E-state index >= 15 is 0 Å². The standard InChI is InChI=1S/C17H32N2O/c1-13-2-4-14(5-3-13)10-11-19-17(20)12-15-6-8-16(18)9-7-15/h13-16H,2-12,18H2,1H3,(H,19,20). The lowest BCUT2D eigenvalue weighted by Crippen LogP contribution is -2.31. The summed E-state index contributed by atoms with van der Waals surface area (Å²) in [5.41, 5.74) is 5.90. The molecule has 0 heterocycles. The lowest BCUT2D eigenvalue weighted by molar-refractivity contribution is -0.122. The molecule has 1 amide bonds. The minimum atomic E-state index is 0.259. The van der Waals surface area contributed by atoms with Gasteiger partial charge in [-0.15, -0.1) is 0 Å². The molecule has 3 nitrogen and oxygen atoms in total. The van der Waals surface area contributed by atoms with Gasteiger partial charge in [-0.1, -0.05) is 32.6 Å². The highest BCUT2D eigenvalue weighted by Gasteiger charge is 2.21. The quantitative estimate of drug-likeness (QED) is 0.812. The molecule has 2 fully saturated rings. The maximum absolute atomic E-state index is 11.9. The van der Waals surface area contributed by atoms with Crippen LogP contribution < -0.4 is 11.1 Å². The van der Waals surface area contributed by atoms with Gasteiger partial charge in [-0.05, 0) is 49.9 Å². The topological polar surface area (TPSA) is 55.1 Å². The average Bonchev–Trinajstić information content (AvgIpc) is 2.44. The van der Waals surface area contributed by atoms with Crippen molar-refractivity contribution in [3.05, 3.63) is 0 Å². The summed E-state index contributed by atoms with van der Waals surface area (Å²) in [4.78, 5) is 11.9. The molecular weight excluding hydrogens is 248 g/mol. The van der Waals surface area contributed by atoms with Gasteiger partial charge in [0.25, 0.3) is 0 Å². The van der Waals surface area contributed by atoms with Gasteiger partial charge >= 0.3 is 0 Å². The first-order chi connectivity index (χ1) is 9.63. The molecule has 3 N–H and O–H groups in total. The lowest BCUT2D eigenvalue weighted by Gasteiger charge is -2.27. The van der Waals surface area contributed by atoms with Crippen molar-refractivity contribution in [3.8, 4) is 0 Å². The Balaban J connectivity index is 1.54. The highest BCUT2D eigenvalue weighted by atomic mass is 16.1. The fraction of sp³-hybridized carbons (Fsp3) is 0.941. The van der Waals surface area contributed by atoms with Crippen LogP contribution in [0.2, 0.25) is 0 Å². The molecule has 0 atom stereocenters. The molecule has 3 heteroatoms. The van der Waals surface area contributed by atoms with Gasteiger partial charge in [-0.2, -0.15) is 0 Å². The van der Waals surface area contributed by atoms with Crippen LogP contribution in [0.3, 0.4) is 0 Å². The summed E-state index contributed by atoms with van der Waals surface area (Å²) < 4.78 is 0. The van der Waals surface area contributed by atoms with Crippen LogP contribution >= 0.6 is 0 Å². The summed E-state index contributed by atoms with van der Waals surface area (Å²) in [6.07, 6.45) is 11.8. The van der Waals surface area contributed by atoms with Crippen molar-refractivity contribution < 1.29 is 4.79 Å². The summed E-state index contributed by atoms with van der Waals surface area (Å²) in [7, 11) is 0. The molecule has 20 heavy (non-hydrogen) atoms. The second-order valence-corrected chi connectivity index (χ2v) is 7.25. The fourth-order valence-corrected chi connectivity index (χ4v) is 3.76. The Hall–Kier alpha value is -0.570. The zero-order valence-corrected chi connectivity index (χ0v) is 13.1. The highest BCUT2D eigenvalue weighted by molar-refractivity contribution is 5.76. The van der Waals surface area contributed by atoms with Gasteiger partial charge in [0.1, 0.15) is 0 Å². The molecule has 0 bridgehead atoms. The second kappa shape index (κ2) is 8.02. The summed E-state index contributed by atoms with van der Waals surface area (Å²) in [5, 5.41) is 3.13. The number of hydrogen-bond acceptors (Lipinski definition) is 2. The van der Waals surface area contributed by atoms with Crippen molar-refractivity contribution in [2.45, 2.75) is 77.2 Å². The number of rotatable bonds is 5. The van der Waals surface area contributed by atoms with Crippen LogP contribution in [-0.4, -0.2) is 18.5 Å². The Bertz CT molecular complexity index is 289. The second-order valence-electron chi connectivity index (χ2n) is 7.25. The summed E-state index contributed by atoms with van der Waals surface area (Å²) in [6.45, 7) is 3.23. The van der Waals surface area contributed by atoms with Gasteiger partial charge in [0, 0.05) is 19.0 Å². The highest BCUT2D eigenvalue weighted by Crippen LogP contribution is 2.30. The van der Waals surface area contributed by atoms with Crippen molar-refractivity contribution in [3.63, 3.8) is 0 Å². The van der Waals surface area contributed by atoms with E-state index in [0.717, 1.165) is 44.1 Å². The molecule has 0 unspecified atom stereocenters. The number of nitrogens with two attached hydrogens (primary N) is 1. The first kappa shape index (κ1) is 15.8. The van der Waals surface area contributed by atoms with Crippen LogP contribution in [0.25, 0.3) is 0 Å². The first-order valence-electron chi connectivity index (χ1n) is 8.65. The van der Waals surface area contributed by atoms with Crippen molar-refractivity contribution in [2.24, 2.45) is 23.5 Å². The maximum Gasteiger partial charge on any atom is 0.220 e. The number of carbonyl (C=O) groups excluding carboxylic acids is 1. The lowest BCUT2D eigenvalue weighted by atomic mass is 9.81. The third-order valence-corrected chi connectivity index (χ3v) is 5.38. The summed E-state index contributed by atoms with van der Waals surface area (Å²) >= 11 is 0. The van der Waals surface area contributed by atoms with Crippen LogP contribution in [0.1, 0.15) is 71.1 Å². The van der Waals surface area contributed by atoms with Crippen LogP contribution in [-0.2, 0) is 4.79 Å². The van der Waals surface area contributed by atoms with Gasteiger partial charge in [-0.25, -0.2) is 0 Å².